The van der Waals surface area contributed by atoms with Gasteiger partial charge in [0.2, 0.25) is 0 Å². The Morgan fingerprint density at radius 2 is 1.96 bits per heavy atom. The van der Waals surface area contributed by atoms with E-state index >= 15 is 0 Å². The normalized spacial score (nSPS) is 32.5. The summed E-state index contributed by atoms with van der Waals surface area (Å²) in [5.41, 5.74) is 5.29. The molecule has 0 unspecified atom stereocenters. The second-order valence-corrected chi connectivity index (χ2v) is 6.32. The molecule has 15 heteroatoms. The van der Waals surface area contributed by atoms with Crippen LogP contribution in [-0.4, -0.2) is 85.5 Å². The van der Waals surface area contributed by atoms with Gasteiger partial charge in [0.05, 0.1) is 6.61 Å². The maximum Gasteiger partial charge on any atom is 0.470 e. The number of amidine groups is 2. The second kappa shape index (κ2) is 6.03. The van der Waals surface area contributed by atoms with Gasteiger partial charge in [-0.1, -0.05) is 0 Å². The predicted octanol–water partition coefficient (Wildman–Crippen LogP) is -2.69. The fourth-order valence-corrected chi connectivity index (χ4v) is 3.13. The summed E-state index contributed by atoms with van der Waals surface area (Å²) in [5.74, 6) is -0.694. The Hall–Kier alpha value is -2.06. The number of aliphatic hydroxyl groups excluding tert-OH is 2. The van der Waals surface area contributed by atoms with Crippen molar-refractivity contribution in [1.82, 2.24) is 4.90 Å². The Labute approximate surface area is 138 Å². The number of nitrogens with two attached hydrogens (primary N) is 1. The smallest absolute Gasteiger partial charge is 0.394 e. The van der Waals surface area contributed by atoms with Crippen LogP contribution in [0.15, 0.2) is 15.0 Å². The lowest BCUT2D eigenvalue weighted by atomic mass is 10.1. The maximum absolute atomic E-state index is 12.1. The van der Waals surface area contributed by atoms with Gasteiger partial charge >= 0.3 is 19.9 Å². The summed E-state index contributed by atoms with van der Waals surface area (Å²) in [5, 5.41) is 19.5. The van der Waals surface area contributed by atoms with Crippen LogP contribution in [0.1, 0.15) is 0 Å². The first kappa shape index (κ1) is 17.8. The SMILES string of the molecule is NC1=NC(=O)N=C2C1=NC(=O)N2[C@@H]1O[C@H](CO)[C@@H](OP(=O)(O)O)[C@H]1O. The van der Waals surface area contributed by atoms with Crippen LogP contribution in [0, 0.1) is 0 Å². The van der Waals surface area contributed by atoms with E-state index in [-0.39, 0.29) is 17.4 Å². The monoisotopic (exact) mass is 377 g/mol. The molecule has 3 aliphatic rings. The first-order chi connectivity index (χ1) is 11.6. The molecule has 3 rings (SSSR count). The van der Waals surface area contributed by atoms with Gasteiger partial charge in [0.15, 0.2) is 23.6 Å². The Morgan fingerprint density at radius 1 is 1.28 bits per heavy atom. The molecule has 3 heterocycles. The highest BCUT2D eigenvalue weighted by atomic mass is 31.2. The van der Waals surface area contributed by atoms with E-state index in [9.17, 15) is 24.4 Å². The largest absolute Gasteiger partial charge is 0.470 e. The molecule has 25 heavy (non-hydrogen) atoms. The van der Waals surface area contributed by atoms with E-state index in [1.807, 2.05) is 0 Å². The van der Waals surface area contributed by atoms with Gasteiger partial charge in [0.1, 0.15) is 18.3 Å². The maximum atomic E-state index is 12.1. The Balaban J connectivity index is 1.91. The minimum Gasteiger partial charge on any atom is -0.394 e. The molecular formula is C10H12N5O9P. The lowest BCUT2D eigenvalue weighted by molar-refractivity contribution is -0.0563. The number of carbonyl (C=O) groups is 2. The topological polar surface area (TPSA) is 217 Å². The van der Waals surface area contributed by atoms with Crippen LogP contribution in [-0.2, 0) is 13.8 Å². The van der Waals surface area contributed by atoms with Crippen molar-refractivity contribution in [1.29, 1.82) is 0 Å². The molecule has 1 fully saturated rings. The summed E-state index contributed by atoms with van der Waals surface area (Å²) >= 11 is 0. The molecule has 3 aliphatic heterocycles. The lowest BCUT2D eigenvalue weighted by Gasteiger charge is -2.26. The number of urea groups is 2. The van der Waals surface area contributed by atoms with Crippen LogP contribution in [0.3, 0.4) is 0 Å². The Bertz CT molecular complexity index is 773. The fourth-order valence-electron chi connectivity index (χ4n) is 2.55. The van der Waals surface area contributed by atoms with Gasteiger partial charge in [-0.15, -0.1) is 0 Å². The number of carbonyl (C=O) groups excluding carboxylic acids is 2. The number of hydrogen-bond acceptors (Lipinski definition) is 8. The Morgan fingerprint density at radius 3 is 2.56 bits per heavy atom. The van der Waals surface area contributed by atoms with Crippen LogP contribution in [0.5, 0.6) is 0 Å². The molecule has 4 atom stereocenters. The van der Waals surface area contributed by atoms with Crippen molar-refractivity contribution in [3.05, 3.63) is 0 Å². The molecule has 0 aromatic heterocycles. The fraction of sp³-hybridized carbons (Fsp3) is 0.500. The minimum absolute atomic E-state index is 0.208. The van der Waals surface area contributed by atoms with Crippen LogP contribution in [0.4, 0.5) is 9.59 Å². The van der Waals surface area contributed by atoms with E-state index in [4.69, 9.17) is 20.3 Å². The average Bonchev–Trinajstić information content (AvgIpc) is 2.96. The van der Waals surface area contributed by atoms with Gasteiger partial charge in [0, 0.05) is 0 Å². The summed E-state index contributed by atoms with van der Waals surface area (Å²) < 4.78 is 20.7. The molecule has 6 N–H and O–H groups in total. The second-order valence-electron chi connectivity index (χ2n) is 5.13. The van der Waals surface area contributed by atoms with Crippen molar-refractivity contribution in [2.24, 2.45) is 20.7 Å². The molecule has 0 spiro atoms. The third kappa shape index (κ3) is 3.11. The van der Waals surface area contributed by atoms with Crippen molar-refractivity contribution in [2.75, 3.05) is 6.61 Å². The quantitative estimate of drug-likeness (QED) is 0.319. The van der Waals surface area contributed by atoms with E-state index in [1.54, 1.807) is 0 Å². The molecule has 0 bridgehead atoms. The molecule has 0 saturated carbocycles. The van der Waals surface area contributed by atoms with Crippen molar-refractivity contribution in [3.63, 3.8) is 0 Å². The predicted molar refractivity (Wildman–Crippen MR) is 77.8 cm³/mol. The molecular weight excluding hydrogens is 365 g/mol. The number of ether oxygens (including phenoxy) is 1. The molecule has 0 aliphatic carbocycles. The van der Waals surface area contributed by atoms with Crippen molar-refractivity contribution < 1.29 is 43.4 Å². The van der Waals surface area contributed by atoms with Gasteiger partial charge in [-0.3, -0.25) is 4.52 Å². The number of hydrogen-bond donors (Lipinski definition) is 5. The standard InChI is InChI=1S/C10H12N5O9P/c11-6-3-7(14-9(18)13-6)15(10(19)12-3)8-4(17)5(2(1-16)23-8)24-25(20,21)22/h2,4-5,8,16-17H,1H2,(H2,11,13,18)(H2,20,21,22)/t2-,4-,5-,8-/m1/s1. The third-order valence-electron chi connectivity index (χ3n) is 3.52. The molecule has 0 aromatic carbocycles. The molecule has 1 saturated heterocycles. The summed E-state index contributed by atoms with van der Waals surface area (Å²) in [7, 11) is -5.03. The number of fused-ring (bicyclic) bond motifs is 1. The summed E-state index contributed by atoms with van der Waals surface area (Å²) in [6.07, 6.45) is -6.39. The first-order valence-corrected chi connectivity index (χ1v) is 8.23. The zero-order valence-corrected chi connectivity index (χ0v) is 13.1. The van der Waals surface area contributed by atoms with Crippen molar-refractivity contribution in [2.45, 2.75) is 24.5 Å². The van der Waals surface area contributed by atoms with Crippen LogP contribution >= 0.6 is 7.82 Å². The van der Waals surface area contributed by atoms with Crippen molar-refractivity contribution >= 4 is 37.3 Å². The third-order valence-corrected chi connectivity index (χ3v) is 4.03. The van der Waals surface area contributed by atoms with E-state index in [0.29, 0.717) is 4.90 Å². The van der Waals surface area contributed by atoms with E-state index < -0.39 is 51.0 Å². The summed E-state index contributed by atoms with van der Waals surface area (Å²) in [6, 6.07) is -2.01. The highest BCUT2D eigenvalue weighted by Crippen LogP contribution is 2.42. The number of aliphatic hydroxyl groups is 2. The number of amides is 4. The number of phosphoric ester groups is 1. The van der Waals surface area contributed by atoms with Crippen LogP contribution in [0.2, 0.25) is 0 Å². The number of rotatable bonds is 4. The number of aliphatic imine (C=N–C) groups is 3. The molecule has 4 amide bonds. The van der Waals surface area contributed by atoms with Gasteiger partial charge in [-0.2, -0.15) is 15.0 Å². The van der Waals surface area contributed by atoms with E-state index in [1.165, 1.54) is 0 Å². The van der Waals surface area contributed by atoms with Gasteiger partial charge in [-0.25, -0.2) is 19.1 Å². The van der Waals surface area contributed by atoms with Crippen molar-refractivity contribution in [3.8, 4) is 0 Å². The van der Waals surface area contributed by atoms with Gasteiger partial charge < -0.3 is 30.5 Å². The number of nitrogens with zero attached hydrogens (tertiary/aromatic N) is 4. The summed E-state index contributed by atoms with van der Waals surface area (Å²) in [6.45, 7) is -0.775. The average molecular weight is 377 g/mol. The molecule has 0 radical (unpaired) electrons. The molecule has 14 nitrogen and oxygen atoms in total. The highest BCUT2D eigenvalue weighted by Gasteiger charge is 2.54. The van der Waals surface area contributed by atoms with E-state index in [2.05, 4.69) is 19.5 Å². The van der Waals surface area contributed by atoms with Gasteiger partial charge in [-0.05, 0) is 0 Å². The van der Waals surface area contributed by atoms with Crippen LogP contribution < -0.4 is 5.73 Å². The lowest BCUT2D eigenvalue weighted by Crippen LogP contribution is -2.50. The molecule has 0 aromatic rings. The van der Waals surface area contributed by atoms with Gasteiger partial charge in [0.25, 0.3) is 0 Å². The first-order valence-electron chi connectivity index (χ1n) is 6.70. The summed E-state index contributed by atoms with van der Waals surface area (Å²) in [4.78, 5) is 52.4. The minimum atomic E-state index is -5.03. The Kier molecular flexibility index (Phi) is 4.28. The highest BCUT2D eigenvalue weighted by molar-refractivity contribution is 7.46. The zero-order chi connectivity index (χ0) is 18.5. The zero-order valence-electron chi connectivity index (χ0n) is 12.2. The van der Waals surface area contributed by atoms with E-state index in [0.717, 1.165) is 0 Å². The number of phosphoric acid groups is 1. The molecule has 136 valence electrons. The van der Waals surface area contributed by atoms with Crippen LogP contribution in [0.25, 0.3) is 0 Å².